The molecule has 0 atom stereocenters. The number of nitrogens with one attached hydrogen (secondary N) is 1. The van der Waals surface area contributed by atoms with Crippen LogP contribution >= 0.6 is 0 Å². The molecular weight excluding hydrogens is 459 g/mol. The first-order chi connectivity index (χ1) is 17.2. The highest BCUT2D eigenvalue weighted by molar-refractivity contribution is 5.98. The number of halogens is 1. The molecule has 4 aromatic rings. The first-order valence-corrected chi connectivity index (χ1v) is 12.1. The minimum absolute atomic E-state index is 0.186. The first-order valence-electron chi connectivity index (χ1n) is 12.1. The third-order valence-electron chi connectivity index (χ3n) is 6.19. The van der Waals surface area contributed by atoms with Gasteiger partial charge in [-0.3, -0.25) is 4.79 Å². The minimum Gasteiger partial charge on any atom is -0.438 e. The molecule has 1 fully saturated rings. The summed E-state index contributed by atoms with van der Waals surface area (Å²) in [7, 11) is 0. The summed E-state index contributed by atoms with van der Waals surface area (Å²) in [5, 5.41) is 18.1. The second-order valence-corrected chi connectivity index (χ2v) is 10.1. The van der Waals surface area contributed by atoms with Crippen molar-refractivity contribution in [3.8, 4) is 22.9 Å². The van der Waals surface area contributed by atoms with E-state index in [1.54, 1.807) is 30.6 Å². The van der Waals surface area contributed by atoms with E-state index in [2.05, 4.69) is 15.4 Å². The van der Waals surface area contributed by atoms with Gasteiger partial charge in [-0.15, -0.1) is 5.10 Å². The zero-order valence-corrected chi connectivity index (χ0v) is 20.6. The maximum atomic E-state index is 13.3. The highest BCUT2D eigenvalue weighted by Gasteiger charge is 2.26. The number of ketones is 1. The first kappa shape index (κ1) is 23.9. The molecule has 186 valence electrons. The monoisotopic (exact) mass is 488 g/mol. The van der Waals surface area contributed by atoms with E-state index in [0.29, 0.717) is 29.4 Å². The van der Waals surface area contributed by atoms with Crippen molar-refractivity contribution < 1.29 is 19.0 Å². The number of Topliss-reactive ketones (excluding diaryl/α,β-unsaturated/α-hetero) is 1. The van der Waals surface area contributed by atoms with Gasteiger partial charge in [0.05, 0.1) is 23.2 Å². The zero-order chi connectivity index (χ0) is 25.4. The Bertz CT molecular complexity index is 1420. The van der Waals surface area contributed by atoms with Crippen molar-refractivity contribution in [1.82, 2.24) is 14.6 Å². The molecule has 2 heterocycles. The largest absolute Gasteiger partial charge is 0.438 e. The van der Waals surface area contributed by atoms with E-state index in [9.17, 15) is 14.3 Å². The van der Waals surface area contributed by atoms with Gasteiger partial charge in [0.2, 0.25) is 5.88 Å². The van der Waals surface area contributed by atoms with Crippen LogP contribution in [0.2, 0.25) is 0 Å². The Kier molecular flexibility index (Phi) is 6.22. The summed E-state index contributed by atoms with van der Waals surface area (Å²) < 4.78 is 20.9. The number of aryl methyl sites for hydroxylation is 1. The molecule has 1 aliphatic rings. The second-order valence-electron chi connectivity index (χ2n) is 10.1. The third kappa shape index (κ3) is 5.39. The molecule has 1 aliphatic carbocycles. The molecule has 0 spiro atoms. The molecule has 7 nitrogen and oxygen atoms in total. The molecule has 0 unspecified atom stereocenters. The van der Waals surface area contributed by atoms with Crippen molar-refractivity contribution in [1.29, 1.82) is 0 Å². The molecule has 0 bridgehead atoms. The molecule has 2 aromatic carbocycles. The summed E-state index contributed by atoms with van der Waals surface area (Å²) in [4.78, 5) is 17.2. The van der Waals surface area contributed by atoms with Crippen LogP contribution in [0.4, 0.5) is 10.1 Å². The van der Waals surface area contributed by atoms with Crippen molar-refractivity contribution in [2.45, 2.75) is 45.6 Å². The molecular formula is C28H29FN4O3. The van der Waals surface area contributed by atoms with Gasteiger partial charge in [0, 0.05) is 30.2 Å². The smallest absolute Gasteiger partial charge is 0.239 e. The molecule has 8 heteroatoms. The van der Waals surface area contributed by atoms with Crippen molar-refractivity contribution >= 4 is 17.1 Å². The number of nitrogens with zero attached hydrogens (tertiary/aromatic N) is 3. The van der Waals surface area contributed by atoms with Crippen LogP contribution in [0.5, 0.6) is 11.6 Å². The Morgan fingerprint density at radius 3 is 2.61 bits per heavy atom. The number of carbonyl (C=O) groups excluding carboxylic acids is 1. The van der Waals surface area contributed by atoms with Crippen LogP contribution in [0.15, 0.2) is 54.7 Å². The summed E-state index contributed by atoms with van der Waals surface area (Å²) in [6.45, 7) is 5.64. The second kappa shape index (κ2) is 9.35. The molecule has 1 saturated carbocycles. The van der Waals surface area contributed by atoms with E-state index in [1.807, 2.05) is 25.1 Å². The fourth-order valence-electron chi connectivity index (χ4n) is 4.09. The normalized spacial score (nSPS) is 13.7. The van der Waals surface area contributed by atoms with Crippen LogP contribution in [0, 0.1) is 18.7 Å². The summed E-state index contributed by atoms with van der Waals surface area (Å²) in [6.07, 6.45) is 4.61. The van der Waals surface area contributed by atoms with Gasteiger partial charge in [-0.05, 0) is 75.4 Å². The van der Waals surface area contributed by atoms with E-state index in [-0.39, 0.29) is 24.0 Å². The maximum absolute atomic E-state index is 13.3. The number of benzene rings is 2. The number of aliphatic hydroxyl groups is 1. The lowest BCUT2D eigenvalue weighted by Crippen LogP contribution is -2.29. The lowest BCUT2D eigenvalue weighted by atomic mass is 9.98. The average molecular weight is 489 g/mol. The molecule has 36 heavy (non-hydrogen) atoms. The number of aromatic nitrogens is 3. The van der Waals surface area contributed by atoms with Gasteiger partial charge in [0.15, 0.2) is 11.4 Å². The van der Waals surface area contributed by atoms with Crippen LogP contribution in [-0.2, 0) is 0 Å². The number of hydrogen-bond donors (Lipinski definition) is 2. The molecule has 0 amide bonds. The number of fused-ring (bicyclic) bond motifs is 1. The van der Waals surface area contributed by atoms with Gasteiger partial charge in [-0.25, -0.2) is 13.9 Å². The van der Waals surface area contributed by atoms with Gasteiger partial charge in [0.25, 0.3) is 0 Å². The SMILES string of the molecule is Cc1cc(-c2cnc3c(NCC(C)(C)O)cc(Oc4ccc(F)cc4)nn23)ccc1C(=O)CC1CC1. The van der Waals surface area contributed by atoms with E-state index in [1.165, 1.54) is 24.3 Å². The van der Waals surface area contributed by atoms with Crippen LogP contribution in [-0.4, -0.2) is 37.6 Å². The van der Waals surface area contributed by atoms with Crippen LogP contribution in [0.25, 0.3) is 16.9 Å². The third-order valence-corrected chi connectivity index (χ3v) is 6.19. The molecule has 2 N–H and O–H groups in total. The predicted octanol–water partition coefficient (Wildman–Crippen LogP) is 5.80. The summed E-state index contributed by atoms with van der Waals surface area (Å²) in [6, 6.07) is 13.2. The topological polar surface area (TPSA) is 88.8 Å². The van der Waals surface area contributed by atoms with Crippen LogP contribution < -0.4 is 10.1 Å². The Morgan fingerprint density at radius 1 is 1.19 bits per heavy atom. The lowest BCUT2D eigenvalue weighted by Gasteiger charge is -2.19. The summed E-state index contributed by atoms with van der Waals surface area (Å²) >= 11 is 0. The maximum Gasteiger partial charge on any atom is 0.239 e. The Labute approximate surface area is 208 Å². The van der Waals surface area contributed by atoms with Gasteiger partial charge < -0.3 is 15.2 Å². The van der Waals surface area contributed by atoms with Crippen molar-refractivity contribution in [3.05, 3.63) is 71.7 Å². The number of hydrogen-bond acceptors (Lipinski definition) is 6. The minimum atomic E-state index is -0.951. The van der Waals surface area contributed by atoms with Crippen LogP contribution in [0.3, 0.4) is 0 Å². The molecule has 0 radical (unpaired) electrons. The Morgan fingerprint density at radius 2 is 1.94 bits per heavy atom. The standard InChI is InChI=1S/C28H29FN4O3/c1-17-12-19(6-11-22(17)25(34)13-18-4-5-18)24-15-30-27-23(31-16-28(2,3)35)14-26(32-33(24)27)36-21-9-7-20(29)8-10-21/h6-12,14-15,18,31,35H,4-5,13,16H2,1-3H3. The van der Waals surface area contributed by atoms with E-state index in [4.69, 9.17) is 4.74 Å². The lowest BCUT2D eigenvalue weighted by molar-refractivity contribution is 0.0943. The summed E-state index contributed by atoms with van der Waals surface area (Å²) in [5.41, 5.74) is 3.49. The predicted molar refractivity (Wildman–Crippen MR) is 136 cm³/mol. The molecule has 0 saturated heterocycles. The van der Waals surface area contributed by atoms with Crippen molar-refractivity contribution in [2.24, 2.45) is 5.92 Å². The van der Waals surface area contributed by atoms with E-state index in [0.717, 1.165) is 35.2 Å². The number of anilines is 1. The molecule has 0 aliphatic heterocycles. The quantitative estimate of drug-likeness (QED) is 0.290. The Hall–Kier alpha value is -3.78. The fraction of sp³-hybridized carbons (Fsp3) is 0.321. The van der Waals surface area contributed by atoms with Crippen molar-refractivity contribution in [3.63, 3.8) is 0 Å². The number of rotatable bonds is 9. The number of imidazole rings is 1. The highest BCUT2D eigenvalue weighted by atomic mass is 19.1. The number of carbonyl (C=O) groups is 1. The van der Waals surface area contributed by atoms with Crippen molar-refractivity contribution in [2.75, 3.05) is 11.9 Å². The molecule has 2 aromatic heterocycles. The Balaban J connectivity index is 1.53. The fourth-order valence-corrected chi connectivity index (χ4v) is 4.09. The zero-order valence-electron chi connectivity index (χ0n) is 20.6. The molecule has 5 rings (SSSR count). The van der Waals surface area contributed by atoms with E-state index < -0.39 is 5.60 Å². The average Bonchev–Trinajstić information content (AvgIpc) is 3.53. The number of ether oxygens (including phenoxy) is 1. The van der Waals surface area contributed by atoms with Gasteiger partial charge in [0.1, 0.15) is 11.6 Å². The van der Waals surface area contributed by atoms with Gasteiger partial charge in [-0.1, -0.05) is 12.1 Å². The highest BCUT2D eigenvalue weighted by Crippen LogP contribution is 2.35. The van der Waals surface area contributed by atoms with Gasteiger partial charge >= 0.3 is 0 Å². The van der Waals surface area contributed by atoms with Crippen LogP contribution in [0.1, 0.15) is 49.0 Å². The van der Waals surface area contributed by atoms with Gasteiger partial charge in [-0.2, -0.15) is 0 Å². The van der Waals surface area contributed by atoms with E-state index >= 15 is 0 Å². The summed E-state index contributed by atoms with van der Waals surface area (Å²) in [5.74, 6) is 1.08.